The maximum atomic E-state index is 13.0. The second kappa shape index (κ2) is 9.91. The molecule has 0 spiro atoms. The van der Waals surface area contributed by atoms with E-state index in [4.69, 9.17) is 0 Å². The normalized spacial score (nSPS) is 10.3. The third-order valence-corrected chi connectivity index (χ3v) is 4.00. The first-order valence-electron chi connectivity index (χ1n) is 8.62. The van der Waals surface area contributed by atoms with E-state index in [-0.39, 0.29) is 11.1 Å². The molecule has 0 aliphatic carbocycles. The maximum Gasteiger partial charge on any atom is 0.332 e. The summed E-state index contributed by atoms with van der Waals surface area (Å²) in [5.41, 5.74) is 1.20. The Balaban J connectivity index is 0.000000221. The zero-order valence-electron chi connectivity index (χ0n) is 15.3. The Bertz CT molecular complexity index is 999. The lowest BCUT2D eigenvalue weighted by atomic mass is 10.0. The molecule has 7 heteroatoms. The van der Waals surface area contributed by atoms with E-state index in [9.17, 15) is 31.1 Å². The largest absolute Gasteiger partial charge is 0.332 e. The van der Waals surface area contributed by atoms with Gasteiger partial charge in [0.05, 0.1) is 5.56 Å². The van der Waals surface area contributed by atoms with Gasteiger partial charge in [-0.25, -0.2) is 22.0 Å². The van der Waals surface area contributed by atoms with Gasteiger partial charge in [-0.3, -0.25) is 4.79 Å². The lowest BCUT2D eigenvalue weighted by molar-refractivity contribution is 0.0836. The third kappa shape index (κ3) is 5.70. The Labute approximate surface area is 163 Å². The molecule has 152 valence electrons. The Hall–Kier alpha value is -3.09. The van der Waals surface area contributed by atoms with Gasteiger partial charge in [-0.15, -0.1) is 0 Å². The molecule has 0 saturated carbocycles. The van der Waals surface area contributed by atoms with Crippen LogP contribution in [-0.4, -0.2) is 6.04 Å². The van der Waals surface area contributed by atoms with Crippen LogP contribution in [0.3, 0.4) is 0 Å². The third-order valence-electron chi connectivity index (χ3n) is 4.00. The van der Waals surface area contributed by atoms with Crippen LogP contribution >= 0.6 is 0 Å². The van der Waals surface area contributed by atoms with Crippen molar-refractivity contribution < 1.29 is 31.1 Å². The monoisotopic (exact) mass is 410 g/mol. The Kier molecular flexibility index (Phi) is 7.59. The lowest BCUT2D eigenvalue weighted by Crippen LogP contribution is -1.96. The Morgan fingerprint density at radius 1 is 0.724 bits per heavy atom. The zero-order chi connectivity index (χ0) is 21.6. The molecule has 0 bridgehead atoms. The van der Waals surface area contributed by atoms with Crippen LogP contribution < -0.4 is 0 Å². The van der Waals surface area contributed by atoms with Crippen molar-refractivity contribution in [2.45, 2.75) is 19.8 Å². The molecule has 3 aromatic rings. The van der Waals surface area contributed by atoms with E-state index in [1.165, 1.54) is 36.4 Å². The molecule has 3 aromatic carbocycles. The van der Waals surface area contributed by atoms with Crippen molar-refractivity contribution in [2.75, 3.05) is 0 Å². The summed E-state index contributed by atoms with van der Waals surface area (Å²) < 4.78 is 75.8. The van der Waals surface area contributed by atoms with E-state index in [0.29, 0.717) is 24.0 Å². The van der Waals surface area contributed by atoms with Gasteiger partial charge in [0.1, 0.15) is 0 Å². The summed E-state index contributed by atoms with van der Waals surface area (Å²) in [6.45, 7) is 1.85. The molecule has 0 N–H and O–H groups in total. The molecular formula is C22H16F6O. The molecule has 0 aromatic heterocycles. The minimum absolute atomic E-state index is 0.0728. The van der Waals surface area contributed by atoms with Gasteiger partial charge in [-0.2, -0.15) is 4.39 Å². The van der Waals surface area contributed by atoms with Gasteiger partial charge in [-0.1, -0.05) is 37.6 Å². The number of halogens is 6. The SMILES string of the molecule is CCCc1ccc(F)c(F)c1F.O=C(F)c1ccc(-c2ccc(F)c(F)c2)cc1. The molecule has 0 amide bonds. The summed E-state index contributed by atoms with van der Waals surface area (Å²) in [4.78, 5) is 10.4. The summed E-state index contributed by atoms with van der Waals surface area (Å²) in [5, 5.41) is 0. The highest BCUT2D eigenvalue weighted by molar-refractivity contribution is 5.89. The van der Waals surface area contributed by atoms with Crippen LogP contribution in [0.5, 0.6) is 0 Å². The molecule has 29 heavy (non-hydrogen) atoms. The predicted octanol–water partition coefficient (Wildman–Crippen LogP) is 6.80. The number of aryl methyl sites for hydroxylation is 1. The van der Waals surface area contributed by atoms with Crippen LogP contribution in [-0.2, 0) is 6.42 Å². The number of hydrogen-bond acceptors (Lipinski definition) is 1. The van der Waals surface area contributed by atoms with Gasteiger partial charge < -0.3 is 0 Å². The average Bonchev–Trinajstić information content (AvgIpc) is 2.71. The molecule has 3 rings (SSSR count). The van der Waals surface area contributed by atoms with Crippen molar-refractivity contribution in [1.82, 2.24) is 0 Å². The summed E-state index contributed by atoms with van der Waals surface area (Å²) in [6.07, 6.45) is 1.14. The zero-order valence-corrected chi connectivity index (χ0v) is 15.3. The van der Waals surface area contributed by atoms with E-state index in [0.717, 1.165) is 18.2 Å². The number of benzene rings is 3. The van der Waals surface area contributed by atoms with Crippen LogP contribution in [0.15, 0.2) is 54.6 Å². The summed E-state index contributed by atoms with van der Waals surface area (Å²) in [6, 6.07) is 9.68. The number of rotatable bonds is 4. The van der Waals surface area contributed by atoms with Crippen molar-refractivity contribution in [3.63, 3.8) is 0 Å². The predicted molar refractivity (Wildman–Crippen MR) is 97.5 cm³/mol. The minimum atomic E-state index is -1.53. The molecule has 0 saturated heterocycles. The van der Waals surface area contributed by atoms with Gasteiger partial charge in [0, 0.05) is 0 Å². The van der Waals surface area contributed by atoms with Crippen molar-refractivity contribution in [1.29, 1.82) is 0 Å². The average molecular weight is 410 g/mol. The summed E-state index contributed by atoms with van der Waals surface area (Å²) >= 11 is 0. The quantitative estimate of drug-likeness (QED) is 0.263. The Morgan fingerprint density at radius 3 is 1.86 bits per heavy atom. The van der Waals surface area contributed by atoms with Crippen molar-refractivity contribution >= 4 is 6.04 Å². The van der Waals surface area contributed by atoms with E-state index in [1.54, 1.807) is 0 Å². The lowest BCUT2D eigenvalue weighted by Gasteiger charge is -2.02. The molecular weight excluding hydrogens is 394 g/mol. The highest BCUT2D eigenvalue weighted by Crippen LogP contribution is 2.22. The summed E-state index contributed by atoms with van der Waals surface area (Å²) in [5.74, 6) is -5.44. The maximum absolute atomic E-state index is 13.0. The highest BCUT2D eigenvalue weighted by Gasteiger charge is 2.12. The highest BCUT2D eigenvalue weighted by atomic mass is 19.2. The van der Waals surface area contributed by atoms with Crippen molar-refractivity contribution in [2.24, 2.45) is 0 Å². The van der Waals surface area contributed by atoms with Crippen LogP contribution in [0.1, 0.15) is 29.3 Å². The smallest absolute Gasteiger partial charge is 0.255 e. The topological polar surface area (TPSA) is 17.1 Å². The van der Waals surface area contributed by atoms with Gasteiger partial charge >= 0.3 is 6.04 Å². The Morgan fingerprint density at radius 2 is 1.31 bits per heavy atom. The van der Waals surface area contributed by atoms with E-state index >= 15 is 0 Å². The molecule has 0 fully saturated rings. The standard InChI is InChI=1S/C13H7F3O.C9H9F3/c14-11-6-5-10(7-12(11)15)8-1-3-9(4-2-8)13(16)17;1-2-3-6-4-5-7(10)9(12)8(6)11/h1-7H;4-5H,2-3H2,1H3. The number of carbonyl (C=O) groups excluding carboxylic acids is 1. The first kappa shape index (κ1) is 22.2. The molecule has 0 aliphatic heterocycles. The fourth-order valence-corrected chi connectivity index (χ4v) is 2.50. The van der Waals surface area contributed by atoms with Crippen molar-refractivity contribution in [3.05, 3.63) is 94.8 Å². The van der Waals surface area contributed by atoms with Crippen LogP contribution in [0.25, 0.3) is 11.1 Å². The second-order valence-electron chi connectivity index (χ2n) is 6.06. The van der Waals surface area contributed by atoms with Gasteiger partial charge in [0.15, 0.2) is 29.1 Å². The van der Waals surface area contributed by atoms with Crippen LogP contribution in [0, 0.1) is 29.1 Å². The molecule has 0 heterocycles. The van der Waals surface area contributed by atoms with Crippen LogP contribution in [0.2, 0.25) is 0 Å². The number of hydrogen-bond donors (Lipinski definition) is 0. The van der Waals surface area contributed by atoms with Crippen molar-refractivity contribution in [3.8, 4) is 11.1 Å². The van der Waals surface area contributed by atoms with E-state index in [1.807, 2.05) is 6.92 Å². The van der Waals surface area contributed by atoms with Gasteiger partial charge in [-0.05, 0) is 53.4 Å². The van der Waals surface area contributed by atoms with Crippen LogP contribution in [0.4, 0.5) is 26.3 Å². The first-order chi connectivity index (χ1) is 13.7. The molecule has 0 aliphatic rings. The fraction of sp³-hybridized carbons (Fsp3) is 0.136. The minimum Gasteiger partial charge on any atom is -0.255 e. The van der Waals surface area contributed by atoms with E-state index < -0.39 is 35.1 Å². The molecule has 0 atom stereocenters. The van der Waals surface area contributed by atoms with E-state index in [2.05, 4.69) is 0 Å². The summed E-state index contributed by atoms with van der Waals surface area (Å²) in [7, 11) is 0. The fourth-order valence-electron chi connectivity index (χ4n) is 2.50. The van der Waals surface area contributed by atoms with Gasteiger partial charge in [0.25, 0.3) is 0 Å². The molecule has 0 unspecified atom stereocenters. The first-order valence-corrected chi connectivity index (χ1v) is 8.62. The molecule has 1 nitrogen and oxygen atoms in total. The molecule has 0 radical (unpaired) electrons. The second-order valence-corrected chi connectivity index (χ2v) is 6.06. The number of carbonyl (C=O) groups is 1. The van der Waals surface area contributed by atoms with Gasteiger partial charge in [0.2, 0.25) is 0 Å².